The predicted octanol–water partition coefficient (Wildman–Crippen LogP) is 3.53. The zero-order valence-electron chi connectivity index (χ0n) is 15.1. The summed E-state index contributed by atoms with van der Waals surface area (Å²) in [5.41, 5.74) is 1.12. The molecule has 1 aliphatic heterocycles. The van der Waals surface area contributed by atoms with Gasteiger partial charge in [0.2, 0.25) is 0 Å². The van der Waals surface area contributed by atoms with Crippen LogP contribution in [0.4, 0.5) is 5.69 Å². The molecule has 1 amide bonds. The number of rotatable bonds is 4. The van der Waals surface area contributed by atoms with Crippen molar-refractivity contribution in [2.24, 2.45) is 0 Å². The molecule has 26 heavy (non-hydrogen) atoms. The van der Waals surface area contributed by atoms with Crippen LogP contribution in [0.3, 0.4) is 0 Å². The standard InChI is InChI=1S/C20H24N2O3S/c1-16-8-6-7-15-22(16)20(23)17-11-13-19(14-12-17)26(24,25)21(2)18-9-4-3-5-10-18/h3-5,9-14,16H,6-8,15H2,1-2H3/t16-/m0/s1. The van der Waals surface area contributed by atoms with Crippen LogP contribution >= 0.6 is 0 Å². The quantitative estimate of drug-likeness (QED) is 0.825. The number of carbonyl (C=O) groups is 1. The third-order valence-electron chi connectivity index (χ3n) is 4.94. The second-order valence-corrected chi connectivity index (χ2v) is 8.65. The van der Waals surface area contributed by atoms with Gasteiger partial charge in [0.05, 0.1) is 10.6 Å². The lowest BCUT2D eigenvalue weighted by Crippen LogP contribution is -2.42. The van der Waals surface area contributed by atoms with E-state index >= 15 is 0 Å². The Balaban J connectivity index is 1.81. The molecule has 5 nitrogen and oxygen atoms in total. The number of anilines is 1. The summed E-state index contributed by atoms with van der Waals surface area (Å²) in [4.78, 5) is 14.7. The van der Waals surface area contributed by atoms with E-state index in [1.54, 1.807) is 36.4 Å². The van der Waals surface area contributed by atoms with Crippen molar-refractivity contribution in [2.75, 3.05) is 17.9 Å². The van der Waals surface area contributed by atoms with Gasteiger partial charge in [-0.25, -0.2) is 8.42 Å². The van der Waals surface area contributed by atoms with Gasteiger partial charge in [-0.05, 0) is 62.6 Å². The Hall–Kier alpha value is -2.34. The Kier molecular flexibility index (Phi) is 5.32. The van der Waals surface area contributed by atoms with E-state index in [4.69, 9.17) is 0 Å². The van der Waals surface area contributed by atoms with Gasteiger partial charge in [0.25, 0.3) is 15.9 Å². The Morgan fingerprint density at radius 1 is 1.04 bits per heavy atom. The average Bonchev–Trinajstić information content (AvgIpc) is 2.68. The Morgan fingerprint density at radius 2 is 1.69 bits per heavy atom. The van der Waals surface area contributed by atoms with E-state index in [0.717, 1.165) is 25.8 Å². The highest BCUT2D eigenvalue weighted by Crippen LogP contribution is 2.23. The van der Waals surface area contributed by atoms with E-state index in [9.17, 15) is 13.2 Å². The zero-order valence-corrected chi connectivity index (χ0v) is 15.9. The molecule has 1 aliphatic rings. The van der Waals surface area contributed by atoms with Gasteiger partial charge in [-0.15, -0.1) is 0 Å². The fraction of sp³-hybridized carbons (Fsp3) is 0.350. The van der Waals surface area contributed by atoms with E-state index in [1.807, 2.05) is 11.0 Å². The van der Waals surface area contributed by atoms with Crippen LogP contribution in [0.15, 0.2) is 59.5 Å². The number of benzene rings is 2. The molecule has 6 heteroatoms. The number of piperidine rings is 1. The molecule has 0 saturated carbocycles. The molecular formula is C20H24N2O3S. The maximum atomic E-state index is 12.8. The number of para-hydroxylation sites is 1. The fourth-order valence-electron chi connectivity index (χ4n) is 3.27. The van der Waals surface area contributed by atoms with Crippen LogP contribution < -0.4 is 4.31 Å². The van der Waals surface area contributed by atoms with Gasteiger partial charge in [0, 0.05) is 25.2 Å². The summed E-state index contributed by atoms with van der Waals surface area (Å²) in [5, 5.41) is 0. The van der Waals surface area contributed by atoms with E-state index < -0.39 is 10.0 Å². The van der Waals surface area contributed by atoms with Crippen LogP contribution in [0.1, 0.15) is 36.5 Å². The number of nitrogens with zero attached hydrogens (tertiary/aromatic N) is 2. The van der Waals surface area contributed by atoms with E-state index in [1.165, 1.54) is 23.5 Å². The summed E-state index contributed by atoms with van der Waals surface area (Å²) in [5.74, 6) is -0.0300. The largest absolute Gasteiger partial charge is 0.336 e. The van der Waals surface area contributed by atoms with Gasteiger partial charge in [0.1, 0.15) is 0 Å². The second-order valence-electron chi connectivity index (χ2n) is 6.68. The molecule has 0 N–H and O–H groups in total. The maximum Gasteiger partial charge on any atom is 0.264 e. The number of likely N-dealkylation sites (tertiary alicyclic amines) is 1. The third-order valence-corrected chi connectivity index (χ3v) is 6.74. The van der Waals surface area contributed by atoms with Crippen LogP contribution in [0, 0.1) is 0 Å². The van der Waals surface area contributed by atoms with Crippen molar-refractivity contribution >= 4 is 21.6 Å². The lowest BCUT2D eigenvalue weighted by Gasteiger charge is -2.33. The number of hydrogen-bond acceptors (Lipinski definition) is 3. The maximum absolute atomic E-state index is 12.8. The van der Waals surface area contributed by atoms with Crippen LogP contribution in [0.5, 0.6) is 0 Å². The number of carbonyl (C=O) groups excluding carboxylic acids is 1. The normalized spacial score (nSPS) is 17.8. The molecule has 0 aromatic heterocycles. The summed E-state index contributed by atoms with van der Waals surface area (Å²) >= 11 is 0. The molecule has 1 heterocycles. The summed E-state index contributed by atoms with van der Waals surface area (Å²) in [6.07, 6.45) is 3.18. The minimum absolute atomic E-state index is 0.0300. The Labute approximate surface area is 155 Å². The first-order chi connectivity index (χ1) is 12.4. The van der Waals surface area contributed by atoms with Crippen molar-refractivity contribution in [1.82, 2.24) is 4.90 Å². The molecule has 2 aromatic carbocycles. The molecule has 0 aliphatic carbocycles. The predicted molar refractivity (Wildman–Crippen MR) is 103 cm³/mol. The lowest BCUT2D eigenvalue weighted by atomic mass is 10.0. The Bertz CT molecular complexity index is 864. The summed E-state index contributed by atoms with van der Waals surface area (Å²) in [6.45, 7) is 2.82. The van der Waals surface area contributed by atoms with E-state index in [-0.39, 0.29) is 16.8 Å². The second kappa shape index (κ2) is 7.50. The van der Waals surface area contributed by atoms with Crippen molar-refractivity contribution in [3.63, 3.8) is 0 Å². The average molecular weight is 372 g/mol. The minimum atomic E-state index is -3.66. The number of hydrogen-bond donors (Lipinski definition) is 0. The monoisotopic (exact) mass is 372 g/mol. The molecule has 1 saturated heterocycles. The van der Waals surface area contributed by atoms with Gasteiger partial charge in [-0.2, -0.15) is 0 Å². The fourth-order valence-corrected chi connectivity index (χ4v) is 4.47. The first-order valence-electron chi connectivity index (χ1n) is 8.86. The summed E-state index contributed by atoms with van der Waals surface area (Å²) in [6, 6.07) is 15.4. The van der Waals surface area contributed by atoms with Gasteiger partial charge in [0.15, 0.2) is 0 Å². The lowest BCUT2D eigenvalue weighted by molar-refractivity contribution is 0.0635. The molecule has 1 fully saturated rings. The zero-order chi connectivity index (χ0) is 18.7. The smallest absolute Gasteiger partial charge is 0.264 e. The molecule has 0 radical (unpaired) electrons. The Morgan fingerprint density at radius 3 is 2.31 bits per heavy atom. The number of amides is 1. The van der Waals surface area contributed by atoms with Crippen LogP contribution in [-0.4, -0.2) is 38.9 Å². The first-order valence-corrected chi connectivity index (χ1v) is 10.3. The summed E-state index contributed by atoms with van der Waals surface area (Å²) in [7, 11) is -2.13. The molecule has 138 valence electrons. The van der Waals surface area contributed by atoms with Gasteiger partial charge in [-0.1, -0.05) is 18.2 Å². The van der Waals surface area contributed by atoms with E-state index in [0.29, 0.717) is 11.3 Å². The van der Waals surface area contributed by atoms with Crippen LogP contribution in [0.2, 0.25) is 0 Å². The highest BCUT2D eigenvalue weighted by atomic mass is 32.2. The molecule has 1 atom stereocenters. The van der Waals surface area contributed by atoms with Gasteiger partial charge < -0.3 is 4.90 Å². The molecule has 3 rings (SSSR count). The van der Waals surface area contributed by atoms with Gasteiger partial charge >= 0.3 is 0 Å². The minimum Gasteiger partial charge on any atom is -0.336 e. The first kappa shape index (κ1) is 18.5. The highest BCUT2D eigenvalue weighted by molar-refractivity contribution is 7.92. The third kappa shape index (κ3) is 3.60. The van der Waals surface area contributed by atoms with Gasteiger partial charge in [-0.3, -0.25) is 9.10 Å². The topological polar surface area (TPSA) is 57.7 Å². The van der Waals surface area contributed by atoms with Crippen molar-refractivity contribution in [3.05, 3.63) is 60.2 Å². The van der Waals surface area contributed by atoms with Crippen LogP contribution in [-0.2, 0) is 10.0 Å². The number of sulfonamides is 1. The molecule has 2 aromatic rings. The van der Waals surface area contributed by atoms with E-state index in [2.05, 4.69) is 6.92 Å². The molecular weight excluding hydrogens is 348 g/mol. The molecule has 0 unspecified atom stereocenters. The molecule has 0 spiro atoms. The van der Waals surface area contributed by atoms with Crippen LogP contribution in [0.25, 0.3) is 0 Å². The summed E-state index contributed by atoms with van der Waals surface area (Å²) < 4.78 is 26.8. The van der Waals surface area contributed by atoms with Crippen molar-refractivity contribution < 1.29 is 13.2 Å². The van der Waals surface area contributed by atoms with Crippen molar-refractivity contribution in [3.8, 4) is 0 Å². The van der Waals surface area contributed by atoms with Crippen molar-refractivity contribution in [2.45, 2.75) is 37.1 Å². The highest BCUT2D eigenvalue weighted by Gasteiger charge is 2.25. The van der Waals surface area contributed by atoms with Crippen molar-refractivity contribution in [1.29, 1.82) is 0 Å². The molecule has 0 bridgehead atoms. The SMILES string of the molecule is C[C@H]1CCCCN1C(=O)c1ccc(S(=O)(=O)N(C)c2ccccc2)cc1.